The van der Waals surface area contributed by atoms with E-state index in [-0.39, 0.29) is 6.61 Å². The van der Waals surface area contributed by atoms with Crippen LogP contribution < -0.4 is 0 Å². The maximum atomic E-state index is 12.8. The van der Waals surface area contributed by atoms with E-state index in [0.717, 1.165) is 27.6 Å². The van der Waals surface area contributed by atoms with Crippen LogP contribution in [0.5, 0.6) is 0 Å². The Bertz CT molecular complexity index is 1280. The van der Waals surface area contributed by atoms with Crippen molar-refractivity contribution < 1.29 is 19.5 Å². The van der Waals surface area contributed by atoms with E-state index in [4.69, 9.17) is 14.7 Å². The summed E-state index contributed by atoms with van der Waals surface area (Å²) in [7, 11) is 0. The molecule has 2 aromatic carbocycles. The summed E-state index contributed by atoms with van der Waals surface area (Å²) in [6, 6.07) is 16.5. The third-order valence-corrected chi connectivity index (χ3v) is 5.85. The molecule has 6 heteroatoms. The van der Waals surface area contributed by atoms with E-state index < -0.39 is 17.7 Å². The summed E-state index contributed by atoms with van der Waals surface area (Å²) >= 11 is 0. The molecule has 2 atom stereocenters. The molecule has 0 bridgehead atoms. The highest BCUT2D eigenvalue weighted by atomic mass is 16.7. The van der Waals surface area contributed by atoms with Gasteiger partial charge in [0.2, 0.25) is 5.60 Å². The van der Waals surface area contributed by atoms with Crippen molar-refractivity contribution in [2.45, 2.75) is 38.4 Å². The van der Waals surface area contributed by atoms with Gasteiger partial charge in [0.15, 0.2) is 0 Å². The Hall–Kier alpha value is -3.77. The maximum Gasteiger partial charge on any atom is 0.345 e. The van der Waals surface area contributed by atoms with Gasteiger partial charge < -0.3 is 14.7 Å². The molecule has 4 rings (SSSR count). The molecule has 0 amide bonds. The Morgan fingerprint density at radius 3 is 2.82 bits per heavy atom. The summed E-state index contributed by atoms with van der Waals surface area (Å²) in [6.07, 6.45) is 9.15. The second kappa shape index (κ2) is 10.0. The van der Waals surface area contributed by atoms with Gasteiger partial charge in [-0.2, -0.15) is 0 Å². The molecule has 1 aliphatic rings. The highest BCUT2D eigenvalue weighted by molar-refractivity contribution is 5.94. The first-order valence-corrected chi connectivity index (χ1v) is 11.4. The predicted molar refractivity (Wildman–Crippen MR) is 133 cm³/mol. The summed E-state index contributed by atoms with van der Waals surface area (Å²) in [5.41, 5.74) is 3.94. The molecule has 0 spiro atoms. The average Bonchev–Trinajstić information content (AvgIpc) is 3.59. The summed E-state index contributed by atoms with van der Waals surface area (Å²) in [5, 5.41) is 12.5. The Kier molecular flexibility index (Phi) is 6.89. The van der Waals surface area contributed by atoms with Gasteiger partial charge in [-0.3, -0.25) is 4.98 Å². The van der Waals surface area contributed by atoms with Crippen molar-refractivity contribution in [2.24, 2.45) is 5.16 Å². The van der Waals surface area contributed by atoms with Gasteiger partial charge in [-0.1, -0.05) is 55.4 Å². The van der Waals surface area contributed by atoms with Gasteiger partial charge in [-0.15, -0.1) is 0 Å². The van der Waals surface area contributed by atoms with Crippen molar-refractivity contribution in [3.8, 4) is 11.1 Å². The van der Waals surface area contributed by atoms with Gasteiger partial charge >= 0.3 is 5.97 Å². The first kappa shape index (κ1) is 23.4. The number of carbonyl (C=O) groups excluding carboxylic acids is 1. The number of hydrogen-bond acceptors (Lipinski definition) is 6. The third kappa shape index (κ3) is 4.63. The minimum atomic E-state index is -1.19. The number of ether oxygens (including phenoxy) is 2. The van der Waals surface area contributed by atoms with Crippen molar-refractivity contribution in [2.75, 3.05) is 6.61 Å². The number of esters is 1. The van der Waals surface area contributed by atoms with E-state index in [2.05, 4.69) is 54.3 Å². The van der Waals surface area contributed by atoms with E-state index in [1.807, 2.05) is 18.2 Å². The van der Waals surface area contributed by atoms with Gasteiger partial charge in [0.1, 0.15) is 6.10 Å². The van der Waals surface area contributed by atoms with Gasteiger partial charge in [-0.25, -0.2) is 4.79 Å². The van der Waals surface area contributed by atoms with Crippen LogP contribution in [0.2, 0.25) is 0 Å². The SMILES string of the molecule is CCOC(=O)C1(/C=C/C=C\C=N\O)OC1c1cccc(-c2cc(C(C)C)cc3cccnc23)c1. The average molecular weight is 457 g/mol. The molecule has 6 nitrogen and oxygen atoms in total. The van der Waals surface area contributed by atoms with E-state index in [1.54, 1.807) is 37.4 Å². The number of pyridine rings is 1. The molecule has 0 saturated carbocycles. The number of carbonyl (C=O) groups is 1. The molecule has 34 heavy (non-hydrogen) atoms. The molecular formula is C28H28N2O4. The number of oxime groups is 1. The highest BCUT2D eigenvalue weighted by Crippen LogP contribution is 2.52. The van der Waals surface area contributed by atoms with E-state index >= 15 is 0 Å². The monoisotopic (exact) mass is 456 g/mol. The van der Waals surface area contributed by atoms with Crippen molar-refractivity contribution in [1.29, 1.82) is 0 Å². The standard InChI is InChI=1S/C28H28N2O4/c1-4-33-27(31)28(13-6-5-7-15-30-32)26(34-28)22-11-8-10-20(16-22)24-18-23(19(2)3)17-21-12-9-14-29-25(21)24/h5-19,26,32H,4H2,1-3H3/b7-5-,13-6+,30-15+. The van der Waals surface area contributed by atoms with Gasteiger partial charge in [0.25, 0.3) is 0 Å². The number of epoxide rings is 1. The Balaban J connectivity index is 1.72. The van der Waals surface area contributed by atoms with Gasteiger partial charge in [0.05, 0.1) is 18.3 Å². The molecule has 1 N–H and O–H groups in total. The van der Waals surface area contributed by atoms with Crippen LogP contribution >= 0.6 is 0 Å². The molecule has 1 aliphatic heterocycles. The molecule has 1 saturated heterocycles. The Morgan fingerprint density at radius 2 is 2.06 bits per heavy atom. The van der Waals surface area contributed by atoms with Crippen LogP contribution in [0.25, 0.3) is 22.0 Å². The van der Waals surface area contributed by atoms with Crippen molar-refractivity contribution in [1.82, 2.24) is 4.98 Å². The van der Waals surface area contributed by atoms with Crippen LogP contribution in [-0.2, 0) is 14.3 Å². The molecule has 0 radical (unpaired) electrons. The van der Waals surface area contributed by atoms with Crippen LogP contribution in [0.4, 0.5) is 0 Å². The maximum absolute atomic E-state index is 12.8. The lowest BCUT2D eigenvalue weighted by atomic mass is 9.92. The second-order valence-electron chi connectivity index (χ2n) is 8.44. The largest absolute Gasteiger partial charge is 0.464 e. The molecule has 1 aromatic heterocycles. The van der Waals surface area contributed by atoms with E-state index in [1.165, 1.54) is 11.8 Å². The lowest BCUT2D eigenvalue weighted by Crippen LogP contribution is -2.25. The summed E-state index contributed by atoms with van der Waals surface area (Å²) in [6.45, 7) is 6.38. The summed E-state index contributed by atoms with van der Waals surface area (Å²) < 4.78 is 11.3. The molecule has 3 aromatic rings. The molecule has 2 unspecified atom stereocenters. The second-order valence-corrected chi connectivity index (χ2v) is 8.44. The number of fused-ring (bicyclic) bond motifs is 1. The number of nitrogens with zero attached hydrogens (tertiary/aromatic N) is 2. The van der Waals surface area contributed by atoms with Crippen LogP contribution in [0.1, 0.15) is 43.9 Å². The van der Waals surface area contributed by atoms with Crippen LogP contribution in [-0.4, -0.2) is 34.6 Å². The number of hydrogen-bond donors (Lipinski definition) is 1. The van der Waals surface area contributed by atoms with Crippen molar-refractivity contribution >= 4 is 23.1 Å². The van der Waals surface area contributed by atoms with Crippen LogP contribution in [0, 0.1) is 0 Å². The Morgan fingerprint density at radius 1 is 1.21 bits per heavy atom. The molecule has 0 aliphatic carbocycles. The lowest BCUT2D eigenvalue weighted by Gasteiger charge is -2.13. The number of allylic oxidation sites excluding steroid dienone is 3. The minimum absolute atomic E-state index is 0.261. The summed E-state index contributed by atoms with van der Waals surface area (Å²) in [5.74, 6) is -0.0522. The molecule has 2 heterocycles. The van der Waals surface area contributed by atoms with Gasteiger partial charge in [0, 0.05) is 17.1 Å². The number of rotatable bonds is 8. The normalized spacial score (nSPS) is 20.2. The zero-order valence-electron chi connectivity index (χ0n) is 19.5. The number of aromatic nitrogens is 1. The van der Waals surface area contributed by atoms with Crippen molar-refractivity contribution in [3.63, 3.8) is 0 Å². The fraction of sp³-hybridized carbons (Fsp3) is 0.250. The smallest absolute Gasteiger partial charge is 0.345 e. The van der Waals surface area contributed by atoms with Gasteiger partial charge in [-0.05, 0) is 65.9 Å². The fourth-order valence-corrected chi connectivity index (χ4v) is 4.06. The topological polar surface area (TPSA) is 84.3 Å². The Labute approximate surface area is 199 Å². The van der Waals surface area contributed by atoms with Crippen molar-refractivity contribution in [3.05, 3.63) is 90.2 Å². The van der Waals surface area contributed by atoms with Crippen LogP contribution in [0.3, 0.4) is 0 Å². The first-order valence-electron chi connectivity index (χ1n) is 11.4. The first-order chi connectivity index (χ1) is 16.5. The summed E-state index contributed by atoms with van der Waals surface area (Å²) in [4.78, 5) is 17.4. The quantitative estimate of drug-likeness (QED) is 0.113. The van der Waals surface area contributed by atoms with E-state index in [0.29, 0.717) is 5.92 Å². The zero-order valence-corrected chi connectivity index (χ0v) is 19.5. The lowest BCUT2D eigenvalue weighted by molar-refractivity contribution is -0.147. The molecular weight excluding hydrogens is 428 g/mol. The molecule has 174 valence electrons. The van der Waals surface area contributed by atoms with E-state index in [9.17, 15) is 4.79 Å². The third-order valence-electron chi connectivity index (χ3n) is 5.85. The number of benzene rings is 2. The molecule has 1 fully saturated rings. The van der Waals surface area contributed by atoms with Crippen LogP contribution in [0.15, 0.2) is 84.2 Å². The minimum Gasteiger partial charge on any atom is -0.464 e. The predicted octanol–water partition coefficient (Wildman–Crippen LogP) is 5.97. The highest BCUT2D eigenvalue weighted by Gasteiger charge is 2.62. The zero-order chi connectivity index (χ0) is 24.1. The fourth-order valence-electron chi connectivity index (χ4n) is 4.06.